The van der Waals surface area contributed by atoms with Crippen LogP contribution in [0.3, 0.4) is 0 Å². The predicted octanol–water partition coefficient (Wildman–Crippen LogP) is 17.9. The summed E-state index contributed by atoms with van der Waals surface area (Å²) in [7, 11) is 0. The monoisotopic (exact) mass is 1020 g/mol. The number of aromatic nitrogens is 2. The number of para-hydroxylation sites is 2. The van der Waals surface area contributed by atoms with Crippen LogP contribution in [0.4, 0.5) is 34.3 Å². The third kappa shape index (κ3) is 7.93. The van der Waals surface area contributed by atoms with E-state index in [2.05, 4.69) is 276 Å². The highest BCUT2D eigenvalue weighted by atomic mass is 16.4. The first kappa shape index (κ1) is 49.8. The number of nitrogens with zero attached hydrogens (tertiary/aromatic N) is 4. The number of hydrogen-bond donors (Lipinski definition) is 0. The van der Waals surface area contributed by atoms with Crippen LogP contribution in [0.15, 0.2) is 167 Å². The molecule has 0 unspecified atom stereocenters. The molecule has 0 N–H and O–H groups in total. The molecule has 0 amide bonds. The summed E-state index contributed by atoms with van der Waals surface area (Å²) >= 11 is 0. The van der Waals surface area contributed by atoms with Crippen LogP contribution in [-0.4, -0.2) is 16.3 Å². The van der Waals surface area contributed by atoms with Gasteiger partial charge in [0, 0.05) is 55.5 Å². The van der Waals surface area contributed by atoms with Crippen LogP contribution in [-0.2, 0) is 27.1 Å². The minimum absolute atomic E-state index is 0.0136. The molecule has 0 aliphatic carbocycles. The molecule has 0 spiro atoms. The molecule has 78 heavy (non-hydrogen) atoms. The maximum Gasteiger partial charge on any atom is 0.279 e. The fourth-order valence-electron chi connectivity index (χ4n) is 12.2. The van der Waals surface area contributed by atoms with Gasteiger partial charge >= 0.3 is 0 Å². The fraction of sp³-hybridized carbons (Fsp3) is 0.282. The normalized spacial score (nSPS) is 14.0. The van der Waals surface area contributed by atoms with E-state index in [9.17, 15) is 0 Å². The maximum atomic E-state index is 7.58. The van der Waals surface area contributed by atoms with Crippen molar-refractivity contribution in [3.8, 4) is 17.1 Å². The molecule has 6 nitrogen and oxygen atoms in total. The minimum Gasteiger partial charge on any atom is -0.456 e. The predicted molar refractivity (Wildman–Crippen MR) is 331 cm³/mol. The number of benzene rings is 8. The summed E-state index contributed by atoms with van der Waals surface area (Å²) in [5, 5.41) is 4.57. The van der Waals surface area contributed by atoms with Gasteiger partial charge in [-0.05, 0) is 151 Å². The summed E-state index contributed by atoms with van der Waals surface area (Å²) in [4.78, 5) is 10.8. The summed E-state index contributed by atoms with van der Waals surface area (Å²) in [6, 6.07) is 59.2. The molecule has 8 aromatic carbocycles. The smallest absolute Gasteiger partial charge is 0.279 e. The van der Waals surface area contributed by atoms with Crippen molar-refractivity contribution >= 4 is 101 Å². The molecular formula is C71H71BN4O2. The van der Waals surface area contributed by atoms with Gasteiger partial charge < -0.3 is 18.3 Å². The third-order valence-corrected chi connectivity index (χ3v) is 16.8. The Kier molecular flexibility index (Phi) is 10.8. The van der Waals surface area contributed by atoms with E-state index < -0.39 is 0 Å². The highest BCUT2D eigenvalue weighted by Gasteiger charge is 2.48. The SMILES string of the molecule is CC(C)(C)c1ccc(N2c3ccc(C(C)(C)C)cc3B3c4nc(-c5ccc6oc7ccc(C(C)(C)C)cc7c6c5)oc4N(c4cc(C(C)(C)C)cc(C(C)(C)C)c4)c4cc(-n5c6ccccc6c6ccccc65)cc2c43)cc1. The highest BCUT2D eigenvalue weighted by molar-refractivity contribution is 6.99. The first-order chi connectivity index (χ1) is 36.8. The van der Waals surface area contributed by atoms with Crippen LogP contribution in [0.1, 0.15) is 132 Å². The lowest BCUT2D eigenvalue weighted by molar-refractivity contribution is 0.566. The Morgan fingerprint density at radius 2 is 0.897 bits per heavy atom. The van der Waals surface area contributed by atoms with Gasteiger partial charge in [-0.25, -0.2) is 4.98 Å². The Morgan fingerprint density at radius 1 is 0.385 bits per heavy atom. The van der Waals surface area contributed by atoms with Gasteiger partial charge in [0.15, 0.2) is 0 Å². The molecule has 2 aliphatic rings. The molecule has 11 aromatic rings. The van der Waals surface area contributed by atoms with Gasteiger partial charge in [0.25, 0.3) is 6.71 Å². The topological polar surface area (TPSA) is 50.6 Å². The van der Waals surface area contributed by atoms with Crippen molar-refractivity contribution in [1.82, 2.24) is 9.55 Å². The lowest BCUT2D eigenvalue weighted by Gasteiger charge is -2.43. The van der Waals surface area contributed by atoms with Gasteiger partial charge in [0.2, 0.25) is 11.8 Å². The van der Waals surface area contributed by atoms with E-state index in [1.807, 2.05) is 0 Å². The zero-order valence-corrected chi connectivity index (χ0v) is 48.2. The van der Waals surface area contributed by atoms with E-state index >= 15 is 0 Å². The Morgan fingerprint density at radius 3 is 1.49 bits per heavy atom. The van der Waals surface area contributed by atoms with Crippen molar-refractivity contribution in [2.75, 3.05) is 9.80 Å². The first-order valence-corrected chi connectivity index (χ1v) is 28.0. The van der Waals surface area contributed by atoms with Gasteiger partial charge in [-0.2, -0.15) is 0 Å². The number of oxazole rings is 1. The molecule has 0 bridgehead atoms. The Balaban J connectivity index is 1.17. The lowest BCUT2D eigenvalue weighted by atomic mass is 9.35. The Hall–Kier alpha value is -7.77. The van der Waals surface area contributed by atoms with Crippen molar-refractivity contribution in [3.05, 3.63) is 186 Å². The van der Waals surface area contributed by atoms with Gasteiger partial charge in [-0.3, -0.25) is 4.90 Å². The van der Waals surface area contributed by atoms with Crippen LogP contribution in [0.5, 0.6) is 0 Å². The summed E-state index contributed by atoms with van der Waals surface area (Å²) in [5.41, 5.74) is 20.6. The zero-order chi connectivity index (χ0) is 54.7. The van der Waals surface area contributed by atoms with Crippen LogP contribution < -0.4 is 26.3 Å². The maximum absolute atomic E-state index is 7.58. The van der Waals surface area contributed by atoms with Gasteiger partial charge in [-0.15, -0.1) is 0 Å². The molecule has 13 rings (SSSR count). The second-order valence-electron chi connectivity index (χ2n) is 27.4. The molecule has 3 aromatic heterocycles. The lowest BCUT2D eigenvalue weighted by Crippen LogP contribution is -2.62. The zero-order valence-electron chi connectivity index (χ0n) is 48.2. The van der Waals surface area contributed by atoms with E-state index in [1.54, 1.807) is 0 Å². The molecule has 2 aliphatic heterocycles. The summed E-state index contributed by atoms with van der Waals surface area (Å²) < 4.78 is 16.6. The standard InChI is InChI=1S/C71H71BN4O2/c1-67(2,3)43-25-29-48(30-26-43)74-58-31-27-45(69(7,8)9)39-55(58)72-63-59(74)40-50(75-56-22-18-16-20-51(56)52-21-17-19-23-57(52)75)41-60(63)76(49-36-46(70(10,11)12)35-47(37-49)71(13,14)15)66-64(72)73-65(78-66)42-24-32-61-53(34-42)54-38-44(68(4,5)6)28-33-62(54)77-61/h16-41H,1-15H3. The summed E-state index contributed by atoms with van der Waals surface area (Å²) in [6.45, 7) is 34.2. The average Bonchev–Trinajstić information content (AvgIpc) is 3.31. The van der Waals surface area contributed by atoms with Gasteiger partial charge in [-0.1, -0.05) is 177 Å². The number of anilines is 6. The average molecular weight is 1020 g/mol. The molecule has 0 saturated carbocycles. The number of rotatable bonds is 4. The van der Waals surface area contributed by atoms with E-state index in [1.165, 1.54) is 49.5 Å². The largest absolute Gasteiger partial charge is 0.456 e. The quantitative estimate of drug-likeness (QED) is 0.164. The van der Waals surface area contributed by atoms with E-state index in [0.717, 1.165) is 84.1 Å². The molecule has 0 saturated heterocycles. The minimum atomic E-state index is -0.283. The van der Waals surface area contributed by atoms with Gasteiger partial charge in [0.05, 0.1) is 22.3 Å². The molecule has 390 valence electrons. The Bertz CT molecular complexity index is 4160. The van der Waals surface area contributed by atoms with Crippen molar-refractivity contribution in [2.45, 2.75) is 131 Å². The summed E-state index contributed by atoms with van der Waals surface area (Å²) in [5.74, 6) is 1.29. The van der Waals surface area contributed by atoms with Crippen LogP contribution in [0.25, 0.3) is 60.9 Å². The molecule has 7 heteroatoms. The number of hydrogen-bond acceptors (Lipinski definition) is 5. The summed E-state index contributed by atoms with van der Waals surface area (Å²) in [6.07, 6.45) is 0. The third-order valence-electron chi connectivity index (χ3n) is 16.8. The molecular weight excluding hydrogens is 952 g/mol. The van der Waals surface area contributed by atoms with Crippen molar-refractivity contribution in [3.63, 3.8) is 0 Å². The van der Waals surface area contributed by atoms with Crippen molar-refractivity contribution in [2.24, 2.45) is 0 Å². The van der Waals surface area contributed by atoms with Crippen LogP contribution in [0.2, 0.25) is 0 Å². The second kappa shape index (κ2) is 16.9. The molecule has 0 radical (unpaired) electrons. The fourth-order valence-corrected chi connectivity index (χ4v) is 12.2. The second-order valence-corrected chi connectivity index (χ2v) is 27.4. The van der Waals surface area contributed by atoms with E-state index in [-0.39, 0.29) is 33.8 Å². The first-order valence-electron chi connectivity index (χ1n) is 28.0. The number of fused-ring (bicyclic) bond motifs is 10. The molecule has 5 heterocycles. The van der Waals surface area contributed by atoms with E-state index in [0.29, 0.717) is 5.89 Å². The van der Waals surface area contributed by atoms with Gasteiger partial charge in [0.1, 0.15) is 11.2 Å². The molecule has 0 atom stereocenters. The van der Waals surface area contributed by atoms with Crippen LogP contribution in [0, 0.1) is 0 Å². The van der Waals surface area contributed by atoms with Crippen molar-refractivity contribution in [1.29, 1.82) is 0 Å². The van der Waals surface area contributed by atoms with Crippen molar-refractivity contribution < 1.29 is 8.83 Å². The highest BCUT2D eigenvalue weighted by Crippen LogP contribution is 2.49. The van der Waals surface area contributed by atoms with E-state index in [4.69, 9.17) is 13.8 Å². The molecule has 0 fully saturated rings. The Labute approximate surface area is 460 Å². The number of furan rings is 1. The van der Waals surface area contributed by atoms with Crippen LogP contribution >= 0.6 is 0 Å².